The van der Waals surface area contributed by atoms with E-state index in [-0.39, 0.29) is 12.6 Å². The zero-order valence-corrected chi connectivity index (χ0v) is 15.9. The molecule has 3 rings (SSSR count). The minimum atomic E-state index is -0.522. The highest BCUT2D eigenvalue weighted by atomic mass is 32.2. The molecule has 0 saturated carbocycles. The number of thioether (sulfide) groups is 1. The van der Waals surface area contributed by atoms with Crippen molar-refractivity contribution in [3.05, 3.63) is 83.1 Å². The van der Waals surface area contributed by atoms with Gasteiger partial charge >= 0.3 is 12.0 Å². The number of nitrogens with one attached hydrogen (secondary N) is 2. The van der Waals surface area contributed by atoms with Crippen molar-refractivity contribution in [3.8, 4) is 0 Å². The summed E-state index contributed by atoms with van der Waals surface area (Å²) in [5.74, 6) is 0.897. The van der Waals surface area contributed by atoms with Gasteiger partial charge in [-0.15, -0.1) is 0 Å². The molecule has 1 heterocycles. The van der Waals surface area contributed by atoms with E-state index in [0.717, 1.165) is 11.3 Å². The average molecular weight is 382 g/mol. The van der Waals surface area contributed by atoms with Crippen LogP contribution in [-0.4, -0.2) is 24.4 Å². The number of urea groups is 1. The normalized spacial score (nSPS) is 16.5. The summed E-state index contributed by atoms with van der Waals surface area (Å²) >= 11 is 1.64. The fourth-order valence-corrected chi connectivity index (χ4v) is 3.88. The predicted molar refractivity (Wildman–Crippen MR) is 107 cm³/mol. The van der Waals surface area contributed by atoms with Gasteiger partial charge in [0, 0.05) is 17.2 Å². The van der Waals surface area contributed by atoms with E-state index in [2.05, 4.69) is 22.8 Å². The van der Waals surface area contributed by atoms with Crippen molar-refractivity contribution >= 4 is 23.8 Å². The Kier molecular flexibility index (Phi) is 6.54. The lowest BCUT2D eigenvalue weighted by Crippen LogP contribution is -2.46. The van der Waals surface area contributed by atoms with Gasteiger partial charge in [0.2, 0.25) is 0 Å². The SMILES string of the molecule is CCOC(=O)C1=C(CSCc2ccccc2)NC(=O)N[C@H]1c1ccccc1. The molecule has 2 aromatic carbocycles. The van der Waals surface area contributed by atoms with Crippen LogP contribution in [0.15, 0.2) is 71.9 Å². The van der Waals surface area contributed by atoms with Gasteiger partial charge in [0.05, 0.1) is 18.2 Å². The van der Waals surface area contributed by atoms with Crippen LogP contribution >= 0.6 is 11.8 Å². The first-order valence-corrected chi connectivity index (χ1v) is 9.98. The molecule has 0 unspecified atom stereocenters. The van der Waals surface area contributed by atoms with Crippen molar-refractivity contribution in [3.63, 3.8) is 0 Å². The first-order chi connectivity index (χ1) is 13.2. The van der Waals surface area contributed by atoms with Crippen LogP contribution < -0.4 is 10.6 Å². The molecule has 1 atom stereocenters. The van der Waals surface area contributed by atoms with Gasteiger partial charge < -0.3 is 15.4 Å². The van der Waals surface area contributed by atoms with Gasteiger partial charge in [0.25, 0.3) is 0 Å². The molecule has 0 saturated heterocycles. The largest absolute Gasteiger partial charge is 0.463 e. The van der Waals surface area contributed by atoms with E-state index in [1.807, 2.05) is 48.5 Å². The first-order valence-electron chi connectivity index (χ1n) is 8.83. The van der Waals surface area contributed by atoms with Crippen LogP contribution in [0.1, 0.15) is 24.1 Å². The van der Waals surface area contributed by atoms with E-state index in [9.17, 15) is 9.59 Å². The van der Waals surface area contributed by atoms with Gasteiger partial charge in [-0.05, 0) is 18.1 Å². The first kappa shape index (κ1) is 19.0. The van der Waals surface area contributed by atoms with Crippen molar-refractivity contribution in [1.29, 1.82) is 0 Å². The third-order valence-electron chi connectivity index (χ3n) is 4.14. The lowest BCUT2D eigenvalue weighted by molar-refractivity contribution is -0.139. The third-order valence-corrected chi connectivity index (χ3v) is 5.17. The molecule has 0 spiro atoms. The summed E-state index contributed by atoms with van der Waals surface area (Å²) < 4.78 is 5.27. The lowest BCUT2D eigenvalue weighted by atomic mass is 9.95. The Balaban J connectivity index is 1.86. The molecular formula is C21H22N2O3S. The summed E-state index contributed by atoms with van der Waals surface area (Å²) in [5, 5.41) is 5.64. The fraction of sp³-hybridized carbons (Fsp3) is 0.238. The van der Waals surface area contributed by atoms with Gasteiger partial charge in [-0.2, -0.15) is 11.8 Å². The summed E-state index contributed by atoms with van der Waals surface area (Å²) in [5.41, 5.74) is 3.11. The van der Waals surface area contributed by atoms with Crippen LogP contribution in [0.5, 0.6) is 0 Å². The average Bonchev–Trinajstić information content (AvgIpc) is 2.69. The maximum atomic E-state index is 12.7. The number of carbonyl (C=O) groups excluding carboxylic acids is 2. The monoisotopic (exact) mass is 382 g/mol. The van der Waals surface area contributed by atoms with Crippen molar-refractivity contribution in [2.45, 2.75) is 18.7 Å². The fourth-order valence-electron chi connectivity index (χ4n) is 2.92. The number of hydrogen-bond acceptors (Lipinski definition) is 4. The Bertz CT molecular complexity index is 822. The van der Waals surface area contributed by atoms with Crippen molar-refractivity contribution in [2.24, 2.45) is 0 Å². The minimum Gasteiger partial charge on any atom is -0.463 e. The molecule has 2 aromatic rings. The van der Waals surface area contributed by atoms with Gasteiger partial charge in [-0.1, -0.05) is 60.7 Å². The Morgan fingerprint density at radius 3 is 2.37 bits per heavy atom. The van der Waals surface area contributed by atoms with Gasteiger partial charge in [0.15, 0.2) is 0 Å². The van der Waals surface area contributed by atoms with Crippen LogP contribution in [0.4, 0.5) is 4.79 Å². The standard InChI is InChI=1S/C21H22N2O3S/c1-2-26-20(24)18-17(14-27-13-15-9-5-3-6-10-15)22-21(25)23-19(18)16-11-7-4-8-12-16/h3-12,19H,2,13-14H2,1H3,(H2,22,23,25)/t19-/m0/s1. The Hall–Kier alpha value is -2.73. The summed E-state index contributed by atoms with van der Waals surface area (Å²) in [7, 11) is 0. The Labute approximate surface area is 163 Å². The van der Waals surface area contributed by atoms with Crippen LogP contribution in [0.25, 0.3) is 0 Å². The number of esters is 1. The molecule has 27 heavy (non-hydrogen) atoms. The summed E-state index contributed by atoms with van der Waals surface area (Å²) in [6, 6.07) is 18.7. The molecule has 140 valence electrons. The van der Waals surface area contributed by atoms with E-state index in [1.165, 1.54) is 5.56 Å². The van der Waals surface area contributed by atoms with E-state index in [4.69, 9.17) is 4.74 Å². The molecule has 0 bridgehead atoms. The lowest BCUT2D eigenvalue weighted by Gasteiger charge is -2.29. The van der Waals surface area contributed by atoms with Crippen LogP contribution in [-0.2, 0) is 15.3 Å². The predicted octanol–water partition coefficient (Wildman–Crippen LogP) is 3.79. The highest BCUT2D eigenvalue weighted by Gasteiger charge is 2.33. The smallest absolute Gasteiger partial charge is 0.338 e. The molecule has 0 fully saturated rings. The second-order valence-electron chi connectivity index (χ2n) is 6.03. The number of carbonyl (C=O) groups is 2. The zero-order chi connectivity index (χ0) is 19.1. The molecular weight excluding hydrogens is 360 g/mol. The van der Waals surface area contributed by atoms with E-state index < -0.39 is 12.0 Å². The van der Waals surface area contributed by atoms with Crippen LogP contribution in [0.3, 0.4) is 0 Å². The molecule has 0 aromatic heterocycles. The van der Waals surface area contributed by atoms with E-state index >= 15 is 0 Å². The Morgan fingerprint density at radius 1 is 1.04 bits per heavy atom. The molecule has 0 radical (unpaired) electrons. The molecule has 1 aliphatic heterocycles. The van der Waals surface area contributed by atoms with Gasteiger partial charge in [-0.3, -0.25) is 0 Å². The highest BCUT2D eigenvalue weighted by Crippen LogP contribution is 2.29. The minimum absolute atomic E-state index is 0.280. The quantitative estimate of drug-likeness (QED) is 0.715. The maximum Gasteiger partial charge on any atom is 0.338 e. The van der Waals surface area contributed by atoms with Crippen molar-refractivity contribution < 1.29 is 14.3 Å². The number of hydrogen-bond donors (Lipinski definition) is 2. The van der Waals surface area contributed by atoms with Gasteiger partial charge in [0.1, 0.15) is 0 Å². The van der Waals surface area contributed by atoms with E-state index in [0.29, 0.717) is 17.0 Å². The summed E-state index contributed by atoms with van der Waals surface area (Å²) in [6.45, 7) is 2.05. The highest BCUT2D eigenvalue weighted by molar-refractivity contribution is 7.98. The van der Waals surface area contributed by atoms with E-state index in [1.54, 1.807) is 18.7 Å². The molecule has 0 aliphatic carbocycles. The number of amides is 2. The van der Waals surface area contributed by atoms with Crippen molar-refractivity contribution in [2.75, 3.05) is 12.4 Å². The van der Waals surface area contributed by atoms with Crippen molar-refractivity contribution in [1.82, 2.24) is 10.6 Å². The maximum absolute atomic E-state index is 12.7. The van der Waals surface area contributed by atoms with Gasteiger partial charge in [-0.25, -0.2) is 9.59 Å². The number of rotatable bonds is 7. The molecule has 5 nitrogen and oxygen atoms in total. The second kappa shape index (κ2) is 9.28. The number of benzene rings is 2. The molecule has 2 N–H and O–H groups in total. The summed E-state index contributed by atoms with van der Waals surface area (Å²) in [4.78, 5) is 24.9. The topological polar surface area (TPSA) is 67.4 Å². The molecule has 1 aliphatic rings. The van der Waals surface area contributed by atoms with Crippen LogP contribution in [0.2, 0.25) is 0 Å². The number of ether oxygens (including phenoxy) is 1. The second-order valence-corrected chi connectivity index (χ2v) is 7.02. The zero-order valence-electron chi connectivity index (χ0n) is 15.1. The molecule has 6 heteroatoms. The Morgan fingerprint density at radius 2 is 1.70 bits per heavy atom. The summed E-state index contributed by atoms with van der Waals surface area (Å²) in [6.07, 6.45) is 0. The van der Waals surface area contributed by atoms with Crippen LogP contribution in [0, 0.1) is 0 Å². The third kappa shape index (κ3) is 4.92. The molecule has 2 amide bonds.